The van der Waals surface area contributed by atoms with Crippen LogP contribution in [0.2, 0.25) is 0 Å². The summed E-state index contributed by atoms with van der Waals surface area (Å²) in [6.07, 6.45) is 7.37. The Morgan fingerprint density at radius 3 is 2.61 bits per heavy atom. The minimum Gasteiger partial charge on any atom is -0.426 e. The van der Waals surface area contributed by atoms with Crippen LogP contribution in [-0.4, -0.2) is 12.1 Å². The molecule has 2 aromatic rings. The van der Waals surface area contributed by atoms with Crippen molar-refractivity contribution >= 4 is 16.7 Å². The smallest absolute Gasteiger partial charge is 0.308 e. The first kappa shape index (κ1) is 14.5. The van der Waals surface area contributed by atoms with Crippen LogP contribution in [0.1, 0.15) is 25.3 Å². The van der Waals surface area contributed by atoms with Gasteiger partial charge in [-0.05, 0) is 35.8 Å². The lowest BCUT2D eigenvalue weighted by Crippen LogP contribution is -2.17. The van der Waals surface area contributed by atoms with Gasteiger partial charge in [0.05, 0.1) is 12.7 Å². The molecule has 0 radical (unpaired) electrons. The van der Waals surface area contributed by atoms with E-state index in [9.17, 15) is 4.79 Å². The SMILES string of the molecule is CC(=O)Oc1ccc(COC2CC3C=CC2C3)c2ccccc12. The third kappa shape index (κ3) is 2.77. The standard InChI is InChI=1S/C20H20O3/c1-13(21)23-19-9-8-16(17-4-2-3-5-18(17)19)12-22-20-11-14-6-7-15(20)10-14/h2-9,14-15,20H,10-12H2,1H3. The summed E-state index contributed by atoms with van der Waals surface area (Å²) < 4.78 is 11.5. The molecule has 2 aromatic carbocycles. The molecule has 2 aliphatic carbocycles. The monoisotopic (exact) mass is 308 g/mol. The molecule has 3 unspecified atom stereocenters. The fourth-order valence-corrected chi connectivity index (χ4v) is 3.82. The minimum atomic E-state index is -0.298. The highest BCUT2D eigenvalue weighted by atomic mass is 16.5. The molecule has 0 amide bonds. The lowest BCUT2D eigenvalue weighted by atomic mass is 10.0. The summed E-state index contributed by atoms with van der Waals surface area (Å²) in [5.41, 5.74) is 1.14. The Hall–Kier alpha value is -2.13. The van der Waals surface area contributed by atoms with Gasteiger partial charge in [0.2, 0.25) is 0 Å². The molecule has 23 heavy (non-hydrogen) atoms. The Morgan fingerprint density at radius 1 is 1.09 bits per heavy atom. The number of allylic oxidation sites excluding steroid dienone is 1. The maximum absolute atomic E-state index is 11.3. The fourth-order valence-electron chi connectivity index (χ4n) is 3.82. The highest BCUT2D eigenvalue weighted by molar-refractivity contribution is 5.92. The van der Waals surface area contributed by atoms with Gasteiger partial charge in [-0.1, -0.05) is 42.5 Å². The van der Waals surface area contributed by atoms with E-state index in [1.165, 1.54) is 13.3 Å². The van der Waals surface area contributed by atoms with Crippen molar-refractivity contribution in [2.45, 2.75) is 32.5 Å². The summed E-state index contributed by atoms with van der Waals surface area (Å²) in [6.45, 7) is 2.02. The molecule has 3 heteroatoms. The lowest BCUT2D eigenvalue weighted by Gasteiger charge is -2.20. The highest BCUT2D eigenvalue weighted by Crippen LogP contribution is 2.41. The Balaban J connectivity index is 1.58. The molecule has 2 aliphatic rings. The van der Waals surface area contributed by atoms with E-state index in [-0.39, 0.29) is 5.97 Å². The van der Waals surface area contributed by atoms with Crippen molar-refractivity contribution in [2.24, 2.45) is 11.8 Å². The molecule has 0 heterocycles. The van der Waals surface area contributed by atoms with Crippen molar-refractivity contribution in [1.82, 2.24) is 0 Å². The number of hydrogen-bond acceptors (Lipinski definition) is 3. The third-order valence-corrected chi connectivity index (χ3v) is 4.90. The van der Waals surface area contributed by atoms with Gasteiger partial charge < -0.3 is 9.47 Å². The van der Waals surface area contributed by atoms with Crippen molar-refractivity contribution in [1.29, 1.82) is 0 Å². The summed E-state index contributed by atoms with van der Waals surface area (Å²) >= 11 is 0. The summed E-state index contributed by atoms with van der Waals surface area (Å²) in [7, 11) is 0. The second kappa shape index (κ2) is 5.82. The molecule has 1 saturated carbocycles. The Morgan fingerprint density at radius 2 is 1.91 bits per heavy atom. The first-order valence-corrected chi connectivity index (χ1v) is 8.19. The summed E-state index contributed by atoms with van der Waals surface area (Å²) in [4.78, 5) is 11.3. The molecule has 1 fully saturated rings. The number of rotatable bonds is 4. The molecular formula is C20H20O3. The summed E-state index contributed by atoms with van der Waals surface area (Å²) in [5, 5.41) is 2.04. The van der Waals surface area contributed by atoms with E-state index in [0.29, 0.717) is 30.3 Å². The third-order valence-electron chi connectivity index (χ3n) is 4.90. The van der Waals surface area contributed by atoms with Crippen LogP contribution in [0.5, 0.6) is 5.75 Å². The normalized spacial score (nSPS) is 25.2. The van der Waals surface area contributed by atoms with Crippen LogP contribution in [0.4, 0.5) is 0 Å². The van der Waals surface area contributed by atoms with Gasteiger partial charge >= 0.3 is 5.97 Å². The second-order valence-electron chi connectivity index (χ2n) is 6.49. The Labute approximate surface area is 135 Å². The van der Waals surface area contributed by atoms with Gasteiger partial charge in [-0.3, -0.25) is 4.79 Å². The average Bonchev–Trinajstić information content (AvgIpc) is 3.16. The van der Waals surface area contributed by atoms with Gasteiger partial charge in [-0.15, -0.1) is 0 Å². The van der Waals surface area contributed by atoms with E-state index in [4.69, 9.17) is 9.47 Å². The topological polar surface area (TPSA) is 35.5 Å². The van der Waals surface area contributed by atoms with Gasteiger partial charge in [0, 0.05) is 18.2 Å². The van der Waals surface area contributed by atoms with Crippen LogP contribution < -0.4 is 4.74 Å². The number of ether oxygens (including phenoxy) is 2. The summed E-state index contributed by atoms with van der Waals surface area (Å²) in [6, 6.07) is 11.9. The minimum absolute atomic E-state index is 0.298. The van der Waals surface area contributed by atoms with Gasteiger partial charge in [-0.2, -0.15) is 0 Å². The molecule has 3 nitrogen and oxygen atoms in total. The van der Waals surface area contributed by atoms with Crippen molar-refractivity contribution in [3.63, 3.8) is 0 Å². The van der Waals surface area contributed by atoms with Crippen LogP contribution in [0.15, 0.2) is 48.6 Å². The highest BCUT2D eigenvalue weighted by Gasteiger charge is 2.36. The number of esters is 1. The molecule has 0 spiro atoms. The number of benzene rings is 2. The van der Waals surface area contributed by atoms with Gasteiger partial charge in [-0.25, -0.2) is 0 Å². The largest absolute Gasteiger partial charge is 0.426 e. The number of carbonyl (C=O) groups is 1. The molecule has 3 atom stereocenters. The van der Waals surface area contributed by atoms with E-state index < -0.39 is 0 Å². The first-order valence-electron chi connectivity index (χ1n) is 8.19. The van der Waals surface area contributed by atoms with Gasteiger partial charge in [0.1, 0.15) is 5.75 Å². The first-order chi connectivity index (χ1) is 11.2. The number of carbonyl (C=O) groups excluding carboxylic acids is 1. The zero-order chi connectivity index (χ0) is 15.8. The van der Waals surface area contributed by atoms with Crippen molar-refractivity contribution in [2.75, 3.05) is 0 Å². The zero-order valence-corrected chi connectivity index (χ0v) is 13.2. The molecule has 0 aromatic heterocycles. The maximum atomic E-state index is 11.3. The van der Waals surface area contributed by atoms with Crippen LogP contribution in [0.25, 0.3) is 10.8 Å². The van der Waals surface area contributed by atoms with Crippen molar-refractivity contribution in [3.8, 4) is 5.75 Å². The van der Waals surface area contributed by atoms with E-state index in [2.05, 4.69) is 18.2 Å². The van der Waals surface area contributed by atoms with Gasteiger partial charge in [0.25, 0.3) is 0 Å². The van der Waals surface area contributed by atoms with Crippen LogP contribution in [0, 0.1) is 11.8 Å². The van der Waals surface area contributed by atoms with E-state index in [0.717, 1.165) is 22.8 Å². The number of hydrogen-bond donors (Lipinski definition) is 0. The molecule has 0 N–H and O–H groups in total. The van der Waals surface area contributed by atoms with Crippen LogP contribution >= 0.6 is 0 Å². The molecule has 2 bridgehead atoms. The number of fused-ring (bicyclic) bond motifs is 3. The van der Waals surface area contributed by atoms with E-state index in [1.54, 1.807) is 0 Å². The maximum Gasteiger partial charge on any atom is 0.308 e. The fraction of sp³-hybridized carbons (Fsp3) is 0.350. The predicted octanol–water partition coefficient (Wildman–Crippen LogP) is 4.25. The molecule has 4 rings (SSSR count). The quantitative estimate of drug-likeness (QED) is 0.481. The second-order valence-corrected chi connectivity index (χ2v) is 6.49. The zero-order valence-electron chi connectivity index (χ0n) is 13.2. The van der Waals surface area contributed by atoms with Crippen LogP contribution in [0.3, 0.4) is 0 Å². The summed E-state index contributed by atoms with van der Waals surface area (Å²) in [5.74, 6) is 1.62. The predicted molar refractivity (Wildman–Crippen MR) is 89.2 cm³/mol. The Bertz CT molecular complexity index is 778. The van der Waals surface area contributed by atoms with Gasteiger partial charge in [0.15, 0.2) is 0 Å². The molecule has 0 aliphatic heterocycles. The lowest BCUT2D eigenvalue weighted by molar-refractivity contribution is -0.131. The molecule has 118 valence electrons. The molecule has 0 saturated heterocycles. The van der Waals surface area contributed by atoms with E-state index in [1.807, 2.05) is 30.3 Å². The van der Waals surface area contributed by atoms with Crippen molar-refractivity contribution in [3.05, 3.63) is 54.1 Å². The van der Waals surface area contributed by atoms with E-state index >= 15 is 0 Å². The van der Waals surface area contributed by atoms with Crippen molar-refractivity contribution < 1.29 is 14.3 Å². The molecular weight excluding hydrogens is 288 g/mol. The van der Waals surface area contributed by atoms with Crippen LogP contribution in [-0.2, 0) is 16.1 Å². The Kier molecular flexibility index (Phi) is 3.66. The average molecular weight is 308 g/mol.